The minimum absolute atomic E-state index is 0.0353. The summed E-state index contributed by atoms with van der Waals surface area (Å²) in [6, 6.07) is 5.94. The third kappa shape index (κ3) is 2.02. The molecule has 4 nitrogen and oxygen atoms in total. The molecular formula is C12H6Br2O4. The Morgan fingerprint density at radius 2 is 1.17 bits per heavy atom. The molecule has 0 saturated heterocycles. The lowest BCUT2D eigenvalue weighted by atomic mass is 9.99. The quantitative estimate of drug-likeness (QED) is 0.840. The van der Waals surface area contributed by atoms with Crippen LogP contribution < -0.4 is 0 Å². The summed E-state index contributed by atoms with van der Waals surface area (Å²) in [4.78, 5) is 22.4. The molecule has 6 heteroatoms. The van der Waals surface area contributed by atoms with Crippen LogP contribution in [0.2, 0.25) is 0 Å². The molecular weight excluding hydrogens is 368 g/mol. The van der Waals surface area contributed by atoms with Crippen molar-refractivity contribution in [3.8, 4) is 0 Å². The smallest absolute Gasteiger partial charge is 0.336 e. The van der Waals surface area contributed by atoms with E-state index in [0.717, 1.165) is 0 Å². The number of rotatable bonds is 2. The number of carboxylic acids is 2. The molecule has 0 radical (unpaired) electrons. The van der Waals surface area contributed by atoms with Crippen LogP contribution in [0.15, 0.2) is 33.2 Å². The molecule has 0 aliphatic heterocycles. The van der Waals surface area contributed by atoms with Crippen LogP contribution >= 0.6 is 31.9 Å². The zero-order chi connectivity index (χ0) is 13.4. The second kappa shape index (κ2) is 4.70. The lowest BCUT2D eigenvalue weighted by molar-refractivity contribution is 0.0695. The van der Waals surface area contributed by atoms with Gasteiger partial charge >= 0.3 is 11.9 Å². The van der Waals surface area contributed by atoms with E-state index in [0.29, 0.717) is 14.3 Å². The molecule has 2 aromatic rings. The molecule has 0 aliphatic rings. The Balaban J connectivity index is 3.06. The fraction of sp³-hybridized carbons (Fsp3) is 0. The number of carboxylic acid groups (broad SMARTS) is 2. The monoisotopic (exact) mass is 372 g/mol. The van der Waals surface area contributed by atoms with E-state index in [4.69, 9.17) is 10.2 Å². The van der Waals surface area contributed by atoms with Crippen molar-refractivity contribution < 1.29 is 19.8 Å². The summed E-state index contributed by atoms with van der Waals surface area (Å²) in [5, 5.41) is 19.0. The van der Waals surface area contributed by atoms with Gasteiger partial charge in [0.05, 0.1) is 11.1 Å². The first-order chi connectivity index (χ1) is 8.43. The predicted octanol–water partition coefficient (Wildman–Crippen LogP) is 3.76. The number of hydrogen-bond donors (Lipinski definition) is 2. The van der Waals surface area contributed by atoms with Gasteiger partial charge in [0.1, 0.15) is 0 Å². The highest BCUT2D eigenvalue weighted by Crippen LogP contribution is 2.35. The van der Waals surface area contributed by atoms with Crippen LogP contribution in [-0.2, 0) is 0 Å². The average molecular weight is 374 g/mol. The molecule has 2 N–H and O–H groups in total. The molecule has 0 amide bonds. The first kappa shape index (κ1) is 13.0. The van der Waals surface area contributed by atoms with Crippen LogP contribution in [-0.4, -0.2) is 22.2 Å². The Bertz CT molecular complexity index is 625. The van der Waals surface area contributed by atoms with Crippen LogP contribution in [0.25, 0.3) is 10.8 Å². The summed E-state index contributed by atoms with van der Waals surface area (Å²) >= 11 is 6.60. The van der Waals surface area contributed by atoms with Gasteiger partial charge in [0.2, 0.25) is 0 Å². The SMILES string of the molecule is O=C(O)c1ccc(Br)c2c(Br)ccc(C(=O)O)c12. The van der Waals surface area contributed by atoms with E-state index < -0.39 is 11.9 Å². The van der Waals surface area contributed by atoms with Crippen LogP contribution in [0.1, 0.15) is 20.7 Å². The molecule has 0 aromatic heterocycles. The van der Waals surface area contributed by atoms with E-state index in [2.05, 4.69) is 31.9 Å². The van der Waals surface area contributed by atoms with E-state index in [9.17, 15) is 9.59 Å². The highest BCUT2D eigenvalue weighted by atomic mass is 79.9. The highest BCUT2D eigenvalue weighted by molar-refractivity contribution is 9.11. The van der Waals surface area contributed by atoms with E-state index in [1.165, 1.54) is 12.1 Å². The van der Waals surface area contributed by atoms with Crippen LogP contribution in [0, 0.1) is 0 Å². The van der Waals surface area contributed by atoms with E-state index in [1.807, 2.05) is 0 Å². The summed E-state index contributed by atoms with van der Waals surface area (Å²) in [6.07, 6.45) is 0. The van der Waals surface area contributed by atoms with Gasteiger partial charge < -0.3 is 10.2 Å². The Morgan fingerprint density at radius 3 is 1.50 bits per heavy atom. The van der Waals surface area contributed by atoms with E-state index >= 15 is 0 Å². The van der Waals surface area contributed by atoms with Gasteiger partial charge in [0.25, 0.3) is 0 Å². The van der Waals surface area contributed by atoms with Crippen molar-refractivity contribution in [2.75, 3.05) is 0 Å². The normalized spacial score (nSPS) is 10.6. The molecule has 0 atom stereocenters. The minimum atomic E-state index is -1.16. The van der Waals surface area contributed by atoms with Crippen LogP contribution in [0.5, 0.6) is 0 Å². The number of aromatic carboxylic acids is 2. The summed E-state index contributed by atoms with van der Waals surface area (Å²) in [5.41, 5.74) is -0.0706. The van der Waals surface area contributed by atoms with Gasteiger partial charge in [0, 0.05) is 19.7 Å². The number of halogens is 2. The summed E-state index contributed by atoms with van der Waals surface area (Å²) in [7, 11) is 0. The number of benzene rings is 2. The third-order valence-electron chi connectivity index (χ3n) is 2.52. The molecule has 92 valence electrons. The first-order valence-electron chi connectivity index (χ1n) is 4.80. The highest BCUT2D eigenvalue weighted by Gasteiger charge is 2.19. The summed E-state index contributed by atoms with van der Waals surface area (Å²) in [5.74, 6) is -2.32. The molecule has 0 spiro atoms. The molecule has 0 bridgehead atoms. The van der Waals surface area contributed by atoms with Crippen molar-refractivity contribution in [2.45, 2.75) is 0 Å². The predicted molar refractivity (Wildman–Crippen MR) is 73.3 cm³/mol. The van der Waals surface area contributed by atoms with Crippen molar-refractivity contribution in [1.29, 1.82) is 0 Å². The van der Waals surface area contributed by atoms with Crippen molar-refractivity contribution in [2.24, 2.45) is 0 Å². The first-order valence-corrected chi connectivity index (χ1v) is 6.39. The van der Waals surface area contributed by atoms with Crippen LogP contribution in [0.3, 0.4) is 0 Å². The Morgan fingerprint density at radius 1 is 0.778 bits per heavy atom. The zero-order valence-corrected chi connectivity index (χ0v) is 11.9. The van der Waals surface area contributed by atoms with Gasteiger partial charge in [-0.2, -0.15) is 0 Å². The molecule has 0 fully saturated rings. The van der Waals surface area contributed by atoms with Crippen molar-refractivity contribution in [3.05, 3.63) is 44.3 Å². The lowest BCUT2D eigenvalue weighted by Gasteiger charge is -2.09. The van der Waals surface area contributed by atoms with Gasteiger partial charge in [-0.1, -0.05) is 31.9 Å². The van der Waals surface area contributed by atoms with Gasteiger partial charge in [-0.3, -0.25) is 0 Å². The van der Waals surface area contributed by atoms with Crippen LogP contribution in [0.4, 0.5) is 0 Å². The number of hydrogen-bond acceptors (Lipinski definition) is 2. The van der Waals surface area contributed by atoms with Crippen molar-refractivity contribution >= 4 is 54.6 Å². The molecule has 0 unspecified atom stereocenters. The average Bonchev–Trinajstić information content (AvgIpc) is 2.28. The molecule has 0 aliphatic carbocycles. The molecule has 0 saturated carbocycles. The fourth-order valence-electron chi connectivity index (χ4n) is 1.77. The maximum Gasteiger partial charge on any atom is 0.336 e. The maximum atomic E-state index is 11.2. The van der Waals surface area contributed by atoms with E-state index in [1.54, 1.807) is 12.1 Å². The molecule has 0 heterocycles. The second-order valence-electron chi connectivity index (χ2n) is 3.55. The molecule has 2 rings (SSSR count). The Kier molecular flexibility index (Phi) is 3.41. The van der Waals surface area contributed by atoms with Gasteiger partial charge in [-0.05, 0) is 24.3 Å². The lowest BCUT2D eigenvalue weighted by Crippen LogP contribution is -2.04. The zero-order valence-electron chi connectivity index (χ0n) is 8.78. The van der Waals surface area contributed by atoms with Crippen molar-refractivity contribution in [1.82, 2.24) is 0 Å². The molecule has 18 heavy (non-hydrogen) atoms. The van der Waals surface area contributed by atoms with Gasteiger partial charge in [0.15, 0.2) is 0 Å². The largest absolute Gasteiger partial charge is 0.478 e. The number of fused-ring (bicyclic) bond motifs is 1. The fourth-order valence-corrected chi connectivity index (χ4v) is 3.12. The second-order valence-corrected chi connectivity index (χ2v) is 5.26. The van der Waals surface area contributed by atoms with E-state index in [-0.39, 0.29) is 16.5 Å². The Labute approximate surface area is 118 Å². The van der Waals surface area contributed by atoms with Crippen molar-refractivity contribution in [3.63, 3.8) is 0 Å². The maximum absolute atomic E-state index is 11.2. The third-order valence-corrected chi connectivity index (χ3v) is 3.84. The minimum Gasteiger partial charge on any atom is -0.478 e. The topological polar surface area (TPSA) is 74.6 Å². The number of carbonyl (C=O) groups is 2. The standard InChI is InChI=1S/C12H6Br2O4/c13-7-3-1-5(11(15)16)9-6(12(17)18)2-4-8(14)10(7)9/h1-4H,(H,15,16)(H,17,18). The summed E-state index contributed by atoms with van der Waals surface area (Å²) < 4.78 is 1.27. The molecule has 2 aromatic carbocycles. The van der Waals surface area contributed by atoms with Gasteiger partial charge in [-0.15, -0.1) is 0 Å². The summed E-state index contributed by atoms with van der Waals surface area (Å²) in [6.45, 7) is 0. The van der Waals surface area contributed by atoms with Gasteiger partial charge in [-0.25, -0.2) is 9.59 Å². The Hall–Kier alpha value is -1.40.